The van der Waals surface area contributed by atoms with Crippen molar-refractivity contribution in [3.05, 3.63) is 28.3 Å². The number of aromatic nitrogens is 1. The molecule has 1 aliphatic carbocycles. The molecule has 0 saturated carbocycles. The highest BCUT2D eigenvalue weighted by atomic mass is 32.1. The van der Waals surface area contributed by atoms with E-state index < -0.39 is 0 Å². The van der Waals surface area contributed by atoms with E-state index in [1.165, 1.54) is 29.9 Å². The number of aryl methyl sites for hydroxylation is 1. The number of hydrogen-bond acceptors (Lipinski definition) is 3. The van der Waals surface area contributed by atoms with Gasteiger partial charge in [-0.1, -0.05) is 11.6 Å². The number of carbonyl (C=O) groups is 1. The van der Waals surface area contributed by atoms with Crippen LogP contribution in [0.3, 0.4) is 0 Å². The average Bonchev–Trinajstić information content (AvgIpc) is 2.66. The summed E-state index contributed by atoms with van der Waals surface area (Å²) >= 11 is 1.32. The predicted octanol–water partition coefficient (Wildman–Crippen LogP) is 3.52. The molecule has 0 spiro atoms. The van der Waals surface area contributed by atoms with Crippen LogP contribution >= 0.6 is 11.5 Å². The third-order valence-corrected chi connectivity index (χ3v) is 3.60. The molecule has 0 unspecified atom stereocenters. The Morgan fingerprint density at radius 2 is 2.40 bits per heavy atom. The van der Waals surface area contributed by atoms with Gasteiger partial charge in [0.25, 0.3) is 0 Å². The molecule has 1 heterocycles. The van der Waals surface area contributed by atoms with E-state index in [1.54, 1.807) is 0 Å². The van der Waals surface area contributed by atoms with Gasteiger partial charge < -0.3 is 0 Å². The van der Waals surface area contributed by atoms with Crippen LogP contribution in [0.1, 0.15) is 47.5 Å². The lowest BCUT2D eigenvalue weighted by atomic mass is 9.95. The summed E-state index contributed by atoms with van der Waals surface area (Å²) in [6.45, 7) is 1.92. The molecule has 1 aromatic heterocycles. The van der Waals surface area contributed by atoms with Crippen LogP contribution in [0.15, 0.2) is 17.7 Å². The zero-order valence-electron chi connectivity index (χ0n) is 8.95. The topological polar surface area (TPSA) is 30.0 Å². The SMILES string of the molecule is Cc1cc(C(=O)CC2=CCCCC2)sn1. The Hall–Kier alpha value is -0.960. The highest BCUT2D eigenvalue weighted by molar-refractivity contribution is 7.08. The fourth-order valence-electron chi connectivity index (χ4n) is 1.85. The molecule has 0 N–H and O–H groups in total. The summed E-state index contributed by atoms with van der Waals surface area (Å²) < 4.78 is 4.13. The molecule has 2 nitrogen and oxygen atoms in total. The van der Waals surface area contributed by atoms with E-state index in [9.17, 15) is 4.79 Å². The maximum atomic E-state index is 11.9. The molecule has 15 heavy (non-hydrogen) atoms. The summed E-state index contributed by atoms with van der Waals surface area (Å²) in [6.07, 6.45) is 7.59. The molecule has 1 aromatic rings. The first-order valence-electron chi connectivity index (χ1n) is 5.40. The first kappa shape index (κ1) is 10.6. The zero-order valence-corrected chi connectivity index (χ0v) is 9.77. The number of hydrogen-bond donors (Lipinski definition) is 0. The van der Waals surface area contributed by atoms with Gasteiger partial charge in [0.15, 0.2) is 5.78 Å². The van der Waals surface area contributed by atoms with Crippen LogP contribution in [0.4, 0.5) is 0 Å². The van der Waals surface area contributed by atoms with E-state index in [-0.39, 0.29) is 5.78 Å². The fraction of sp³-hybridized carbons (Fsp3) is 0.500. The first-order valence-corrected chi connectivity index (χ1v) is 6.17. The highest BCUT2D eigenvalue weighted by Gasteiger charge is 2.13. The molecule has 0 bridgehead atoms. The zero-order chi connectivity index (χ0) is 10.7. The Morgan fingerprint density at radius 3 is 3.00 bits per heavy atom. The van der Waals surface area contributed by atoms with Crippen molar-refractivity contribution >= 4 is 17.3 Å². The summed E-state index contributed by atoms with van der Waals surface area (Å²) in [6, 6.07) is 1.89. The average molecular weight is 221 g/mol. The minimum Gasteiger partial charge on any atom is -0.293 e. The summed E-state index contributed by atoms with van der Waals surface area (Å²) in [5.74, 6) is 0.230. The highest BCUT2D eigenvalue weighted by Crippen LogP contribution is 2.22. The van der Waals surface area contributed by atoms with Gasteiger partial charge in [0.05, 0.1) is 10.6 Å². The summed E-state index contributed by atoms with van der Waals surface area (Å²) in [5.41, 5.74) is 2.26. The molecule has 0 saturated heterocycles. The molecule has 80 valence electrons. The number of carbonyl (C=O) groups excluding carboxylic acids is 1. The molecule has 0 aromatic carbocycles. The molecule has 3 heteroatoms. The monoisotopic (exact) mass is 221 g/mol. The van der Waals surface area contributed by atoms with Crippen LogP contribution < -0.4 is 0 Å². The van der Waals surface area contributed by atoms with Gasteiger partial charge in [-0.05, 0) is 50.2 Å². The lowest BCUT2D eigenvalue weighted by Gasteiger charge is -2.10. The van der Waals surface area contributed by atoms with Crippen molar-refractivity contribution in [2.45, 2.75) is 39.0 Å². The van der Waals surface area contributed by atoms with E-state index in [0.29, 0.717) is 6.42 Å². The minimum atomic E-state index is 0.230. The first-order chi connectivity index (χ1) is 7.25. The van der Waals surface area contributed by atoms with Gasteiger partial charge in [0.2, 0.25) is 0 Å². The Labute approximate surface area is 94.2 Å². The molecule has 0 fully saturated rings. The molecule has 0 aliphatic heterocycles. The smallest absolute Gasteiger partial charge is 0.178 e. The molecule has 0 atom stereocenters. The van der Waals surface area contributed by atoms with Gasteiger partial charge in [-0.15, -0.1) is 0 Å². The maximum absolute atomic E-state index is 11.9. The molecule has 0 amide bonds. The van der Waals surface area contributed by atoms with Crippen LogP contribution in [0, 0.1) is 6.92 Å². The second kappa shape index (κ2) is 4.71. The number of nitrogens with zero attached hydrogens (tertiary/aromatic N) is 1. The molecular formula is C12H15NOS. The van der Waals surface area contributed by atoms with E-state index >= 15 is 0 Å². The minimum absolute atomic E-state index is 0.230. The van der Waals surface area contributed by atoms with Gasteiger partial charge in [-0.2, -0.15) is 4.37 Å². The van der Waals surface area contributed by atoms with E-state index in [2.05, 4.69) is 10.4 Å². The fourth-order valence-corrected chi connectivity index (χ4v) is 2.55. The summed E-state index contributed by atoms with van der Waals surface area (Å²) in [7, 11) is 0. The lowest BCUT2D eigenvalue weighted by molar-refractivity contribution is 0.0995. The quantitative estimate of drug-likeness (QED) is 0.577. The van der Waals surface area contributed by atoms with Crippen LogP contribution in [0.25, 0.3) is 0 Å². The Morgan fingerprint density at radius 1 is 1.53 bits per heavy atom. The predicted molar refractivity (Wildman–Crippen MR) is 62.3 cm³/mol. The second-order valence-electron chi connectivity index (χ2n) is 4.04. The van der Waals surface area contributed by atoms with Gasteiger partial charge in [-0.3, -0.25) is 4.79 Å². The number of Topliss-reactive ketones (excluding diaryl/α,β-unsaturated/α-hetero) is 1. The summed E-state index contributed by atoms with van der Waals surface area (Å²) in [4.78, 5) is 12.7. The van der Waals surface area contributed by atoms with E-state index in [4.69, 9.17) is 0 Å². The van der Waals surface area contributed by atoms with Crippen LogP contribution in [-0.4, -0.2) is 10.2 Å². The maximum Gasteiger partial charge on any atom is 0.178 e. The van der Waals surface area contributed by atoms with Gasteiger partial charge in [0, 0.05) is 6.42 Å². The van der Waals surface area contributed by atoms with Crippen molar-refractivity contribution in [2.75, 3.05) is 0 Å². The molecule has 1 aliphatic rings. The van der Waals surface area contributed by atoms with Crippen molar-refractivity contribution in [3.8, 4) is 0 Å². The number of ketones is 1. The van der Waals surface area contributed by atoms with Gasteiger partial charge in [0.1, 0.15) is 0 Å². The van der Waals surface area contributed by atoms with Crippen molar-refractivity contribution in [1.82, 2.24) is 4.37 Å². The second-order valence-corrected chi connectivity index (χ2v) is 4.85. The van der Waals surface area contributed by atoms with Crippen molar-refractivity contribution in [1.29, 1.82) is 0 Å². The summed E-state index contributed by atoms with van der Waals surface area (Å²) in [5, 5.41) is 0. The Kier molecular flexibility index (Phi) is 3.31. The molecular weight excluding hydrogens is 206 g/mol. The largest absolute Gasteiger partial charge is 0.293 e. The van der Waals surface area contributed by atoms with E-state index in [1.807, 2.05) is 13.0 Å². The third kappa shape index (κ3) is 2.75. The molecule has 2 rings (SSSR count). The Bertz CT molecular complexity index is 392. The standard InChI is InChI=1S/C12H15NOS/c1-9-7-12(15-13-9)11(14)8-10-5-3-2-4-6-10/h5,7H,2-4,6,8H2,1H3. The van der Waals surface area contributed by atoms with Crippen LogP contribution in [0.5, 0.6) is 0 Å². The van der Waals surface area contributed by atoms with Crippen molar-refractivity contribution in [2.24, 2.45) is 0 Å². The third-order valence-electron chi connectivity index (χ3n) is 2.68. The van der Waals surface area contributed by atoms with Crippen molar-refractivity contribution in [3.63, 3.8) is 0 Å². The van der Waals surface area contributed by atoms with Crippen LogP contribution in [0.2, 0.25) is 0 Å². The van der Waals surface area contributed by atoms with E-state index in [0.717, 1.165) is 23.4 Å². The number of allylic oxidation sites excluding steroid dienone is 2. The van der Waals surface area contributed by atoms with Crippen LogP contribution in [-0.2, 0) is 0 Å². The van der Waals surface area contributed by atoms with Gasteiger partial charge in [-0.25, -0.2) is 0 Å². The van der Waals surface area contributed by atoms with Crippen molar-refractivity contribution < 1.29 is 4.79 Å². The van der Waals surface area contributed by atoms with Gasteiger partial charge >= 0.3 is 0 Å². The molecule has 0 radical (unpaired) electrons. The number of rotatable bonds is 3. The Balaban J connectivity index is 2.00. The lowest BCUT2D eigenvalue weighted by Crippen LogP contribution is -2.01. The normalized spacial score (nSPS) is 16.2.